The van der Waals surface area contributed by atoms with E-state index >= 15 is 0 Å². The van der Waals surface area contributed by atoms with Gasteiger partial charge in [-0.3, -0.25) is 9.59 Å². The first-order valence-electron chi connectivity index (χ1n) is 5.60. The Morgan fingerprint density at radius 1 is 1.56 bits per heavy atom. The van der Waals surface area contributed by atoms with Gasteiger partial charge in [0.2, 0.25) is 0 Å². The maximum atomic E-state index is 12.0. The molecule has 6 heteroatoms. The molecule has 1 aromatic rings. The first-order valence-corrected chi connectivity index (χ1v) is 6.82. The zero-order valence-corrected chi connectivity index (χ0v) is 11.2. The van der Waals surface area contributed by atoms with Crippen LogP contribution in [0.4, 0.5) is 0 Å². The second kappa shape index (κ2) is 7.00. The number of carboxylic acid groups (broad SMARTS) is 1. The topological polar surface area (TPSA) is 79.3 Å². The molecule has 5 nitrogen and oxygen atoms in total. The van der Waals surface area contributed by atoms with Gasteiger partial charge in [-0.1, -0.05) is 6.92 Å². The Hall–Kier alpha value is -1.56. The van der Waals surface area contributed by atoms with E-state index in [1.807, 2.05) is 13.2 Å². The second-order valence-corrected chi connectivity index (χ2v) is 4.53. The van der Waals surface area contributed by atoms with E-state index in [0.717, 1.165) is 0 Å². The van der Waals surface area contributed by atoms with Gasteiger partial charge in [0.1, 0.15) is 5.03 Å². The number of carbonyl (C=O) groups excluding carboxylic acids is 1. The number of hydrogen-bond donors (Lipinski definition) is 2. The Kier molecular flexibility index (Phi) is 5.64. The van der Waals surface area contributed by atoms with Crippen LogP contribution in [0.1, 0.15) is 30.1 Å². The molecule has 0 radical (unpaired) electrons. The Labute approximate surface area is 110 Å². The van der Waals surface area contributed by atoms with E-state index in [-0.39, 0.29) is 18.4 Å². The number of carboxylic acids is 1. The minimum atomic E-state index is -0.918. The Morgan fingerprint density at radius 2 is 2.28 bits per heavy atom. The molecule has 0 bridgehead atoms. The lowest BCUT2D eigenvalue weighted by atomic mass is 10.1. The standard InChI is InChI=1S/C12H16N2O3S/c1-3-8(7-10(15)16)14-11(17)9-5-4-6-13-12(9)18-2/h4-6,8H,3,7H2,1-2H3,(H,14,17)(H,15,16). The molecule has 0 saturated carbocycles. The third-order valence-electron chi connectivity index (χ3n) is 2.46. The molecule has 2 N–H and O–H groups in total. The first kappa shape index (κ1) is 14.5. The van der Waals surface area contributed by atoms with Crippen molar-refractivity contribution in [2.75, 3.05) is 6.26 Å². The van der Waals surface area contributed by atoms with Crippen molar-refractivity contribution in [2.45, 2.75) is 30.8 Å². The Morgan fingerprint density at radius 3 is 2.83 bits per heavy atom. The number of pyridine rings is 1. The van der Waals surface area contributed by atoms with Gasteiger partial charge in [-0.2, -0.15) is 0 Å². The molecule has 1 unspecified atom stereocenters. The van der Waals surface area contributed by atoms with Crippen molar-refractivity contribution in [1.82, 2.24) is 10.3 Å². The highest BCUT2D eigenvalue weighted by Crippen LogP contribution is 2.17. The van der Waals surface area contributed by atoms with Crippen LogP contribution >= 0.6 is 11.8 Å². The molecule has 1 heterocycles. The number of nitrogens with zero attached hydrogens (tertiary/aromatic N) is 1. The van der Waals surface area contributed by atoms with Crippen LogP contribution < -0.4 is 5.32 Å². The van der Waals surface area contributed by atoms with E-state index in [2.05, 4.69) is 10.3 Å². The highest BCUT2D eigenvalue weighted by Gasteiger charge is 2.17. The number of thioether (sulfide) groups is 1. The smallest absolute Gasteiger partial charge is 0.305 e. The molecule has 1 aromatic heterocycles. The lowest BCUT2D eigenvalue weighted by Crippen LogP contribution is -2.36. The molecule has 1 amide bonds. The molecule has 0 aliphatic carbocycles. The fourth-order valence-electron chi connectivity index (χ4n) is 1.50. The van der Waals surface area contributed by atoms with Crippen LogP contribution in [0.5, 0.6) is 0 Å². The summed E-state index contributed by atoms with van der Waals surface area (Å²) < 4.78 is 0. The van der Waals surface area contributed by atoms with E-state index in [4.69, 9.17) is 5.11 Å². The molecule has 18 heavy (non-hydrogen) atoms. The maximum Gasteiger partial charge on any atom is 0.305 e. The summed E-state index contributed by atoms with van der Waals surface area (Å²) in [7, 11) is 0. The minimum Gasteiger partial charge on any atom is -0.481 e. The quantitative estimate of drug-likeness (QED) is 0.769. The van der Waals surface area contributed by atoms with Gasteiger partial charge in [-0.25, -0.2) is 4.98 Å². The second-order valence-electron chi connectivity index (χ2n) is 3.74. The molecule has 1 rings (SSSR count). The number of nitrogens with one attached hydrogen (secondary N) is 1. The summed E-state index contributed by atoms with van der Waals surface area (Å²) in [4.78, 5) is 26.8. The summed E-state index contributed by atoms with van der Waals surface area (Å²) in [6, 6.07) is 3.01. The van der Waals surface area contributed by atoms with Gasteiger partial charge in [-0.15, -0.1) is 11.8 Å². The predicted molar refractivity (Wildman–Crippen MR) is 69.8 cm³/mol. The third kappa shape index (κ3) is 4.03. The number of aliphatic carboxylic acids is 1. The SMILES string of the molecule is CCC(CC(=O)O)NC(=O)c1cccnc1SC. The van der Waals surface area contributed by atoms with Crippen LogP contribution in [0, 0.1) is 0 Å². The van der Waals surface area contributed by atoms with Crippen LogP contribution in [0.25, 0.3) is 0 Å². The van der Waals surface area contributed by atoms with Crippen molar-refractivity contribution in [1.29, 1.82) is 0 Å². The fourth-order valence-corrected chi connectivity index (χ4v) is 2.04. The predicted octanol–water partition coefficient (Wildman–Crippen LogP) is 1.79. The van der Waals surface area contributed by atoms with Crippen LogP contribution in [-0.2, 0) is 4.79 Å². The normalized spacial score (nSPS) is 11.9. The van der Waals surface area contributed by atoms with Gasteiger partial charge in [-0.05, 0) is 24.8 Å². The van der Waals surface area contributed by atoms with Crippen LogP contribution in [0.2, 0.25) is 0 Å². The molecular weight excluding hydrogens is 252 g/mol. The van der Waals surface area contributed by atoms with Crippen molar-refractivity contribution in [3.63, 3.8) is 0 Å². The number of carbonyl (C=O) groups is 2. The zero-order chi connectivity index (χ0) is 13.5. The van der Waals surface area contributed by atoms with Crippen LogP contribution in [0.15, 0.2) is 23.4 Å². The van der Waals surface area contributed by atoms with Gasteiger partial charge < -0.3 is 10.4 Å². The average molecular weight is 268 g/mol. The van der Waals surface area contributed by atoms with Crippen molar-refractivity contribution < 1.29 is 14.7 Å². The highest BCUT2D eigenvalue weighted by atomic mass is 32.2. The zero-order valence-electron chi connectivity index (χ0n) is 10.3. The first-order chi connectivity index (χ1) is 8.58. The maximum absolute atomic E-state index is 12.0. The molecule has 1 atom stereocenters. The third-order valence-corrected chi connectivity index (χ3v) is 3.17. The van der Waals surface area contributed by atoms with E-state index < -0.39 is 5.97 Å². The van der Waals surface area contributed by atoms with Gasteiger partial charge in [0.25, 0.3) is 5.91 Å². The average Bonchev–Trinajstić information content (AvgIpc) is 2.37. The van der Waals surface area contributed by atoms with Crippen molar-refractivity contribution >= 4 is 23.6 Å². The molecule has 98 valence electrons. The number of aromatic nitrogens is 1. The van der Waals surface area contributed by atoms with Gasteiger partial charge >= 0.3 is 5.97 Å². The number of hydrogen-bond acceptors (Lipinski definition) is 4. The van der Waals surface area contributed by atoms with Crippen molar-refractivity contribution in [3.05, 3.63) is 23.9 Å². The molecule has 0 aliphatic rings. The van der Waals surface area contributed by atoms with Crippen molar-refractivity contribution in [3.8, 4) is 0 Å². The summed E-state index contributed by atoms with van der Waals surface area (Å²) in [6.07, 6.45) is 3.97. The van der Waals surface area contributed by atoms with Crippen molar-refractivity contribution in [2.24, 2.45) is 0 Å². The number of amides is 1. The van der Waals surface area contributed by atoms with E-state index in [1.54, 1.807) is 18.3 Å². The minimum absolute atomic E-state index is 0.0723. The van der Waals surface area contributed by atoms with E-state index in [9.17, 15) is 9.59 Å². The van der Waals surface area contributed by atoms with Gasteiger partial charge in [0, 0.05) is 12.2 Å². The Bertz CT molecular complexity index is 437. The summed E-state index contributed by atoms with van der Waals surface area (Å²) in [5, 5.41) is 12.1. The summed E-state index contributed by atoms with van der Waals surface area (Å²) in [5.41, 5.74) is 0.480. The summed E-state index contributed by atoms with van der Waals surface area (Å²) in [6.45, 7) is 1.84. The number of rotatable bonds is 6. The molecule has 0 aliphatic heterocycles. The van der Waals surface area contributed by atoms with Gasteiger partial charge in [0.05, 0.1) is 12.0 Å². The van der Waals surface area contributed by atoms with E-state index in [1.165, 1.54) is 11.8 Å². The molecule has 0 saturated heterocycles. The monoisotopic (exact) mass is 268 g/mol. The highest BCUT2D eigenvalue weighted by molar-refractivity contribution is 7.98. The lowest BCUT2D eigenvalue weighted by Gasteiger charge is -2.15. The van der Waals surface area contributed by atoms with Gasteiger partial charge in [0.15, 0.2) is 0 Å². The van der Waals surface area contributed by atoms with E-state index in [0.29, 0.717) is 17.0 Å². The molecule has 0 spiro atoms. The summed E-state index contributed by atoms with van der Waals surface area (Å²) in [5.74, 6) is -1.20. The van der Waals surface area contributed by atoms with Crippen LogP contribution in [0.3, 0.4) is 0 Å². The molecule has 0 aromatic carbocycles. The largest absolute Gasteiger partial charge is 0.481 e. The van der Waals surface area contributed by atoms with Crippen LogP contribution in [-0.4, -0.2) is 34.3 Å². The summed E-state index contributed by atoms with van der Waals surface area (Å²) >= 11 is 1.38. The molecular formula is C12H16N2O3S. The fraction of sp³-hybridized carbons (Fsp3) is 0.417. The Balaban J connectivity index is 2.77. The lowest BCUT2D eigenvalue weighted by molar-refractivity contribution is -0.137. The molecule has 0 fully saturated rings.